The van der Waals surface area contributed by atoms with Gasteiger partial charge in [0.15, 0.2) is 5.75 Å². The molecule has 1 aliphatic rings. The molecule has 0 unspecified atom stereocenters. The molecule has 1 aromatic heterocycles. The van der Waals surface area contributed by atoms with Crippen LogP contribution in [0.1, 0.15) is 37.8 Å². The Labute approximate surface area is 181 Å². The smallest absolute Gasteiger partial charge is 0.404 e. The van der Waals surface area contributed by atoms with E-state index in [1.54, 1.807) is 12.4 Å². The summed E-state index contributed by atoms with van der Waals surface area (Å²) in [6.45, 7) is 4.36. The van der Waals surface area contributed by atoms with Gasteiger partial charge >= 0.3 is 6.09 Å². The zero-order valence-corrected chi connectivity index (χ0v) is 17.5. The van der Waals surface area contributed by atoms with Crippen molar-refractivity contribution in [2.75, 3.05) is 0 Å². The Morgan fingerprint density at radius 3 is 2.03 bits per heavy atom. The molecule has 1 heterocycles. The third kappa shape index (κ3) is 4.94. The fourth-order valence-electron chi connectivity index (χ4n) is 3.68. The second-order valence-electron chi connectivity index (χ2n) is 8.21. The highest BCUT2D eigenvalue weighted by atomic mass is 16.5. The van der Waals surface area contributed by atoms with Crippen molar-refractivity contribution in [3.8, 4) is 17.2 Å². The van der Waals surface area contributed by atoms with Gasteiger partial charge in [-0.15, -0.1) is 0 Å². The molecule has 1 amide bonds. The lowest BCUT2D eigenvalue weighted by atomic mass is 9.78. The normalized spacial score (nSPS) is 18.0. The van der Waals surface area contributed by atoms with Gasteiger partial charge in [0.1, 0.15) is 23.9 Å². The van der Waals surface area contributed by atoms with Gasteiger partial charge in [0.25, 0.3) is 0 Å². The maximum atomic E-state index is 10.7. The quantitative estimate of drug-likeness (QED) is 0.573. The Morgan fingerprint density at radius 2 is 1.48 bits per heavy atom. The van der Waals surface area contributed by atoms with E-state index in [0.29, 0.717) is 18.6 Å². The molecule has 1 fully saturated rings. The Balaban J connectivity index is 1.37. The highest BCUT2D eigenvalue weighted by Gasteiger charge is 2.32. The standard InChI is InChI=1S/C24H25N3O4/c1-24(2,17-5-9-20(10-6-17)31-22-13-25-15-26-14-22)16-3-7-19(8-4-16)30-21-11-18(12-21)27-23(28)29/h3-10,13-15,18,21,27H,11-12H2,1-2H3,(H,28,29)/t18-,21-. The van der Waals surface area contributed by atoms with Gasteiger partial charge < -0.3 is 19.9 Å². The van der Waals surface area contributed by atoms with Crippen molar-refractivity contribution in [2.24, 2.45) is 0 Å². The van der Waals surface area contributed by atoms with Gasteiger partial charge in [-0.25, -0.2) is 14.8 Å². The second-order valence-corrected chi connectivity index (χ2v) is 8.21. The third-order valence-electron chi connectivity index (χ3n) is 5.65. The SMILES string of the molecule is CC(C)(c1ccc(Oc2cncnc2)cc1)c1ccc(O[C@H]2C[C@H](NC(=O)O)C2)cc1. The predicted octanol–water partition coefficient (Wildman–Crippen LogP) is 4.77. The number of nitrogens with zero attached hydrogens (tertiary/aromatic N) is 2. The number of nitrogens with one attached hydrogen (secondary N) is 1. The van der Waals surface area contributed by atoms with Crippen LogP contribution in [-0.4, -0.2) is 33.3 Å². The molecule has 1 saturated carbocycles. The van der Waals surface area contributed by atoms with E-state index < -0.39 is 6.09 Å². The number of hydrogen-bond acceptors (Lipinski definition) is 5. The Bertz CT molecular complexity index is 1010. The minimum absolute atomic E-state index is 0.0120. The maximum Gasteiger partial charge on any atom is 0.404 e. The molecule has 1 aliphatic carbocycles. The molecule has 4 rings (SSSR count). The van der Waals surface area contributed by atoms with Crippen molar-refractivity contribution in [1.82, 2.24) is 15.3 Å². The number of benzene rings is 2. The lowest BCUT2D eigenvalue weighted by Gasteiger charge is -2.35. The van der Waals surface area contributed by atoms with E-state index >= 15 is 0 Å². The van der Waals surface area contributed by atoms with Crippen LogP contribution in [0, 0.1) is 0 Å². The lowest BCUT2D eigenvalue weighted by molar-refractivity contribution is 0.0833. The summed E-state index contributed by atoms with van der Waals surface area (Å²) in [5, 5.41) is 11.2. The van der Waals surface area contributed by atoms with Crippen LogP contribution in [0.15, 0.2) is 67.3 Å². The van der Waals surface area contributed by atoms with Crippen LogP contribution in [-0.2, 0) is 5.41 Å². The van der Waals surface area contributed by atoms with Crippen LogP contribution in [0.3, 0.4) is 0 Å². The number of rotatable bonds is 7. The van der Waals surface area contributed by atoms with E-state index in [-0.39, 0.29) is 17.6 Å². The molecule has 31 heavy (non-hydrogen) atoms. The Kier molecular flexibility index (Phi) is 5.75. The number of hydrogen-bond donors (Lipinski definition) is 2. The molecule has 0 bridgehead atoms. The first-order valence-corrected chi connectivity index (χ1v) is 10.2. The zero-order valence-electron chi connectivity index (χ0n) is 17.5. The molecule has 2 N–H and O–H groups in total. The molecule has 7 nitrogen and oxygen atoms in total. The topological polar surface area (TPSA) is 93.6 Å². The van der Waals surface area contributed by atoms with Crippen LogP contribution in [0.2, 0.25) is 0 Å². The number of ether oxygens (including phenoxy) is 2. The van der Waals surface area contributed by atoms with Gasteiger partial charge in [0, 0.05) is 24.3 Å². The Morgan fingerprint density at radius 1 is 0.935 bits per heavy atom. The van der Waals surface area contributed by atoms with Crippen molar-refractivity contribution in [3.63, 3.8) is 0 Å². The van der Waals surface area contributed by atoms with Gasteiger partial charge in [-0.05, 0) is 35.4 Å². The Hall–Kier alpha value is -3.61. The highest BCUT2D eigenvalue weighted by Crippen LogP contribution is 2.34. The van der Waals surface area contributed by atoms with Crippen LogP contribution in [0.5, 0.6) is 17.2 Å². The highest BCUT2D eigenvalue weighted by molar-refractivity contribution is 5.65. The molecule has 0 radical (unpaired) electrons. The van der Waals surface area contributed by atoms with Gasteiger partial charge in [-0.2, -0.15) is 0 Å². The molecule has 160 valence electrons. The minimum Gasteiger partial charge on any atom is -0.490 e. The van der Waals surface area contributed by atoms with E-state index in [1.807, 2.05) is 24.3 Å². The number of aromatic nitrogens is 2. The van der Waals surface area contributed by atoms with Crippen molar-refractivity contribution < 1.29 is 19.4 Å². The van der Waals surface area contributed by atoms with Gasteiger partial charge in [0.05, 0.1) is 12.4 Å². The second kappa shape index (κ2) is 8.63. The summed E-state index contributed by atoms with van der Waals surface area (Å²) in [6, 6.07) is 16.1. The number of carboxylic acid groups (broad SMARTS) is 1. The van der Waals surface area contributed by atoms with Gasteiger partial charge in [-0.1, -0.05) is 38.1 Å². The first kappa shape index (κ1) is 20.7. The van der Waals surface area contributed by atoms with Crippen LogP contribution in [0.25, 0.3) is 0 Å². The maximum absolute atomic E-state index is 10.7. The van der Waals surface area contributed by atoms with Crippen LogP contribution < -0.4 is 14.8 Å². The summed E-state index contributed by atoms with van der Waals surface area (Å²) in [4.78, 5) is 18.6. The molecule has 2 aromatic carbocycles. The van der Waals surface area contributed by atoms with E-state index in [2.05, 4.69) is 53.4 Å². The van der Waals surface area contributed by atoms with Gasteiger partial charge in [0.2, 0.25) is 0 Å². The molecule has 0 saturated heterocycles. The number of amides is 1. The predicted molar refractivity (Wildman–Crippen MR) is 116 cm³/mol. The number of carbonyl (C=O) groups is 1. The fraction of sp³-hybridized carbons (Fsp3) is 0.292. The summed E-state index contributed by atoms with van der Waals surface area (Å²) in [7, 11) is 0. The molecule has 7 heteroatoms. The van der Waals surface area contributed by atoms with Crippen molar-refractivity contribution >= 4 is 6.09 Å². The molecular weight excluding hydrogens is 394 g/mol. The molecule has 0 spiro atoms. The molecule has 3 aromatic rings. The van der Waals surface area contributed by atoms with Crippen molar-refractivity contribution in [3.05, 3.63) is 78.4 Å². The summed E-state index contributed by atoms with van der Waals surface area (Å²) in [5.74, 6) is 2.13. The summed E-state index contributed by atoms with van der Waals surface area (Å²) in [6.07, 6.45) is 5.18. The average Bonchev–Trinajstić information content (AvgIpc) is 2.73. The molecule has 0 atom stereocenters. The summed E-state index contributed by atoms with van der Waals surface area (Å²) in [5.41, 5.74) is 2.14. The first-order valence-electron chi connectivity index (χ1n) is 10.2. The van der Waals surface area contributed by atoms with Crippen LogP contribution >= 0.6 is 0 Å². The van der Waals surface area contributed by atoms with Crippen molar-refractivity contribution in [1.29, 1.82) is 0 Å². The van der Waals surface area contributed by atoms with Crippen LogP contribution in [0.4, 0.5) is 4.79 Å². The minimum atomic E-state index is -0.983. The van der Waals surface area contributed by atoms with E-state index in [9.17, 15) is 4.79 Å². The first-order chi connectivity index (χ1) is 14.9. The zero-order chi connectivity index (χ0) is 21.8. The van der Waals surface area contributed by atoms with E-state index in [0.717, 1.165) is 11.5 Å². The lowest BCUT2D eigenvalue weighted by Crippen LogP contribution is -2.48. The largest absolute Gasteiger partial charge is 0.490 e. The average molecular weight is 419 g/mol. The monoisotopic (exact) mass is 419 g/mol. The third-order valence-corrected chi connectivity index (χ3v) is 5.65. The molecular formula is C24H25N3O4. The van der Waals surface area contributed by atoms with E-state index in [4.69, 9.17) is 14.6 Å². The summed E-state index contributed by atoms with van der Waals surface area (Å²) < 4.78 is 11.7. The van der Waals surface area contributed by atoms with Gasteiger partial charge in [-0.3, -0.25) is 0 Å². The fourth-order valence-corrected chi connectivity index (χ4v) is 3.68. The summed E-state index contributed by atoms with van der Waals surface area (Å²) >= 11 is 0. The van der Waals surface area contributed by atoms with E-state index in [1.165, 1.54) is 17.5 Å². The molecule has 0 aliphatic heterocycles. The van der Waals surface area contributed by atoms with Crippen molar-refractivity contribution in [2.45, 2.75) is 44.2 Å².